The molecule has 0 radical (unpaired) electrons. The van der Waals surface area contributed by atoms with Gasteiger partial charge in [-0.05, 0) is 62.6 Å². The molecule has 1 aromatic rings. The van der Waals surface area contributed by atoms with Crippen molar-refractivity contribution in [2.45, 2.75) is 88.6 Å². The van der Waals surface area contributed by atoms with Crippen molar-refractivity contribution < 1.29 is 19.7 Å². The fourth-order valence-corrected chi connectivity index (χ4v) is 8.53. The molecule has 5 nitrogen and oxygen atoms in total. The number of benzene rings is 1. The summed E-state index contributed by atoms with van der Waals surface area (Å²) < 4.78 is 13.2. The van der Waals surface area contributed by atoms with E-state index in [0.717, 1.165) is 38.6 Å². The van der Waals surface area contributed by atoms with E-state index in [2.05, 4.69) is 32.2 Å². The predicted molar refractivity (Wildman–Crippen MR) is 114 cm³/mol. The number of aromatic hydroxyl groups is 1. The molecule has 1 saturated heterocycles. The van der Waals surface area contributed by atoms with Crippen LogP contribution in [0, 0.1) is 16.7 Å². The first-order valence-electron chi connectivity index (χ1n) is 11.6. The van der Waals surface area contributed by atoms with Crippen LogP contribution in [0.5, 0.6) is 11.5 Å². The van der Waals surface area contributed by atoms with Crippen molar-refractivity contribution in [2.75, 3.05) is 13.7 Å². The van der Waals surface area contributed by atoms with Gasteiger partial charge in [-0.2, -0.15) is 0 Å². The standard InChI is InChI=1S/C25H35NO4/c1-21(2,3)22(4,28)16-13-23-8-9-25(16,29-5)20-24(23)10-11-26-17(23)12-14-6-7-15(27)19(30-20)18(14)24/h6-7,16-17,20,26-28H,8-13H2,1-5H3/t16?,17-,20-,22?,23-,24?,25-/m1/s1. The molecule has 6 aliphatic rings. The van der Waals surface area contributed by atoms with Crippen LogP contribution in [-0.2, 0) is 16.6 Å². The van der Waals surface area contributed by atoms with Crippen LogP contribution < -0.4 is 10.1 Å². The summed E-state index contributed by atoms with van der Waals surface area (Å²) in [5.41, 5.74) is 0.658. The second kappa shape index (κ2) is 5.36. The molecule has 4 aliphatic carbocycles. The second-order valence-corrected chi connectivity index (χ2v) is 11.8. The third-order valence-corrected chi connectivity index (χ3v) is 10.4. The fraction of sp³-hybridized carbons (Fsp3) is 0.760. The molecule has 3 N–H and O–H groups in total. The van der Waals surface area contributed by atoms with Crippen molar-refractivity contribution in [3.05, 3.63) is 23.3 Å². The smallest absolute Gasteiger partial charge is 0.165 e. The van der Waals surface area contributed by atoms with E-state index in [-0.39, 0.29) is 34.0 Å². The molecule has 5 heteroatoms. The molecule has 4 fully saturated rings. The molecule has 2 aliphatic heterocycles. The monoisotopic (exact) mass is 413 g/mol. The van der Waals surface area contributed by atoms with Crippen molar-refractivity contribution in [3.8, 4) is 11.5 Å². The summed E-state index contributed by atoms with van der Waals surface area (Å²) >= 11 is 0. The Kier molecular flexibility index (Phi) is 3.46. The number of hydrogen-bond acceptors (Lipinski definition) is 5. The van der Waals surface area contributed by atoms with Crippen LogP contribution in [0.2, 0.25) is 0 Å². The van der Waals surface area contributed by atoms with Gasteiger partial charge in [-0.25, -0.2) is 0 Å². The Hall–Kier alpha value is -1.30. The second-order valence-electron chi connectivity index (χ2n) is 11.8. The molecule has 164 valence electrons. The molecular formula is C25H35NO4. The Morgan fingerprint density at radius 2 is 1.93 bits per heavy atom. The Balaban J connectivity index is 1.65. The molecule has 2 heterocycles. The average Bonchev–Trinajstić information content (AvgIpc) is 3.05. The van der Waals surface area contributed by atoms with E-state index >= 15 is 0 Å². The lowest BCUT2D eigenvalue weighted by molar-refractivity contribution is -0.303. The first-order chi connectivity index (χ1) is 14.1. The van der Waals surface area contributed by atoms with Crippen molar-refractivity contribution in [1.29, 1.82) is 0 Å². The van der Waals surface area contributed by atoms with Gasteiger partial charge in [0.1, 0.15) is 11.7 Å². The van der Waals surface area contributed by atoms with Gasteiger partial charge in [-0.1, -0.05) is 26.8 Å². The molecule has 3 saturated carbocycles. The highest BCUT2D eigenvalue weighted by molar-refractivity contribution is 5.63. The van der Waals surface area contributed by atoms with E-state index in [9.17, 15) is 10.2 Å². The van der Waals surface area contributed by atoms with E-state index in [1.165, 1.54) is 11.1 Å². The van der Waals surface area contributed by atoms with Gasteiger partial charge in [0.15, 0.2) is 11.5 Å². The van der Waals surface area contributed by atoms with Crippen LogP contribution in [-0.4, -0.2) is 47.2 Å². The van der Waals surface area contributed by atoms with Gasteiger partial charge < -0.3 is 25.0 Å². The van der Waals surface area contributed by atoms with Crippen LogP contribution in [0.1, 0.15) is 64.5 Å². The van der Waals surface area contributed by atoms with E-state index in [0.29, 0.717) is 11.8 Å². The first-order valence-corrected chi connectivity index (χ1v) is 11.6. The Morgan fingerprint density at radius 3 is 2.63 bits per heavy atom. The van der Waals surface area contributed by atoms with Gasteiger partial charge in [0.05, 0.1) is 5.60 Å². The van der Waals surface area contributed by atoms with Crippen molar-refractivity contribution in [3.63, 3.8) is 0 Å². The van der Waals surface area contributed by atoms with Crippen molar-refractivity contribution in [1.82, 2.24) is 5.32 Å². The lowest BCUT2D eigenvalue weighted by Crippen LogP contribution is -2.83. The Bertz CT molecular complexity index is 936. The number of phenolic OH excluding ortho intramolecular Hbond substituents is 1. The zero-order chi connectivity index (χ0) is 21.3. The number of methoxy groups -OCH3 is 1. The highest BCUT2D eigenvalue weighted by atomic mass is 16.6. The number of fused-ring (bicyclic) bond motifs is 2. The Morgan fingerprint density at radius 1 is 1.17 bits per heavy atom. The van der Waals surface area contributed by atoms with Crippen LogP contribution in [0.25, 0.3) is 0 Å². The molecule has 4 bridgehead atoms. The fourth-order valence-electron chi connectivity index (χ4n) is 8.53. The first kappa shape index (κ1) is 19.4. The topological polar surface area (TPSA) is 71.0 Å². The van der Waals surface area contributed by atoms with Gasteiger partial charge in [0.25, 0.3) is 0 Å². The summed E-state index contributed by atoms with van der Waals surface area (Å²) in [6.07, 6.45) is 4.66. The zero-order valence-corrected chi connectivity index (χ0v) is 18.8. The third kappa shape index (κ3) is 1.77. The lowest BCUT2D eigenvalue weighted by Gasteiger charge is -2.74. The molecule has 2 spiro atoms. The maximum absolute atomic E-state index is 12.0. The number of ether oxygens (including phenoxy) is 2. The van der Waals surface area contributed by atoms with Crippen molar-refractivity contribution >= 4 is 0 Å². The summed E-state index contributed by atoms with van der Waals surface area (Å²) in [6, 6.07) is 4.26. The van der Waals surface area contributed by atoms with E-state index in [4.69, 9.17) is 9.47 Å². The summed E-state index contributed by atoms with van der Waals surface area (Å²) in [4.78, 5) is 0. The van der Waals surface area contributed by atoms with Gasteiger partial charge in [-0.15, -0.1) is 0 Å². The predicted octanol–water partition coefficient (Wildman–Crippen LogP) is 3.29. The highest BCUT2D eigenvalue weighted by Crippen LogP contribution is 2.77. The lowest BCUT2D eigenvalue weighted by atomic mass is 9.33. The van der Waals surface area contributed by atoms with Crippen molar-refractivity contribution in [2.24, 2.45) is 16.7 Å². The molecule has 1 aromatic carbocycles. The number of aliphatic hydroxyl groups is 1. The van der Waals surface area contributed by atoms with Crippen LogP contribution in [0.4, 0.5) is 0 Å². The molecule has 0 aromatic heterocycles. The van der Waals surface area contributed by atoms with Crippen LogP contribution in [0.15, 0.2) is 12.1 Å². The largest absolute Gasteiger partial charge is 0.504 e. The summed E-state index contributed by atoms with van der Waals surface area (Å²) in [5, 5.41) is 26.6. The van der Waals surface area contributed by atoms with Gasteiger partial charge >= 0.3 is 0 Å². The number of nitrogens with one attached hydrogen (secondary N) is 1. The number of piperidine rings is 1. The van der Waals surface area contributed by atoms with Gasteiger partial charge in [0, 0.05) is 35.5 Å². The van der Waals surface area contributed by atoms with E-state index in [1.54, 1.807) is 13.2 Å². The van der Waals surface area contributed by atoms with Gasteiger partial charge in [0.2, 0.25) is 0 Å². The quantitative estimate of drug-likeness (QED) is 0.694. The van der Waals surface area contributed by atoms with E-state index in [1.807, 2.05) is 6.92 Å². The molecular weight excluding hydrogens is 378 g/mol. The van der Waals surface area contributed by atoms with Crippen LogP contribution in [0.3, 0.4) is 0 Å². The number of phenols is 1. The minimum atomic E-state index is -0.910. The average molecular weight is 414 g/mol. The van der Waals surface area contributed by atoms with E-state index < -0.39 is 11.2 Å². The molecule has 0 amide bonds. The highest BCUT2D eigenvalue weighted by Gasteiger charge is 2.81. The molecule has 7 atom stereocenters. The summed E-state index contributed by atoms with van der Waals surface area (Å²) in [5.74, 6) is 0.887. The normalized spacial score (nSPS) is 44.9. The molecule has 7 rings (SSSR count). The number of rotatable bonds is 2. The number of hydrogen-bond donors (Lipinski definition) is 3. The third-order valence-electron chi connectivity index (χ3n) is 10.4. The molecule has 3 unspecified atom stereocenters. The zero-order valence-electron chi connectivity index (χ0n) is 18.8. The minimum Gasteiger partial charge on any atom is -0.504 e. The Labute approximate surface area is 179 Å². The molecule has 30 heavy (non-hydrogen) atoms. The van der Waals surface area contributed by atoms with Gasteiger partial charge in [-0.3, -0.25) is 0 Å². The maximum atomic E-state index is 12.0. The van der Waals surface area contributed by atoms with Crippen LogP contribution >= 0.6 is 0 Å². The maximum Gasteiger partial charge on any atom is 0.165 e. The summed E-state index contributed by atoms with van der Waals surface area (Å²) in [7, 11) is 1.80. The summed E-state index contributed by atoms with van der Waals surface area (Å²) in [6.45, 7) is 9.33. The minimum absolute atomic E-state index is 0.0160. The SMILES string of the molecule is CO[C@]12CC[C@@]3(CC1C(C)(O)C(C)(C)C)[C@H]1Cc4ccc(O)c5c4C3(CCN1)[C@H]2O5.